The summed E-state index contributed by atoms with van der Waals surface area (Å²) in [6.07, 6.45) is 0.421. The number of aryl methyl sites for hydroxylation is 2. The number of rotatable bonds is 3. The van der Waals surface area contributed by atoms with E-state index in [1.165, 1.54) is 5.56 Å². The summed E-state index contributed by atoms with van der Waals surface area (Å²) in [5.74, 6) is 1.61. The summed E-state index contributed by atoms with van der Waals surface area (Å²) in [5.41, 5.74) is 3.16. The predicted octanol–water partition coefficient (Wildman–Crippen LogP) is 4.62. The van der Waals surface area contributed by atoms with Gasteiger partial charge in [-0.05, 0) is 36.5 Å². The smallest absolute Gasteiger partial charge is 0.170 e. The molecule has 0 radical (unpaired) electrons. The van der Waals surface area contributed by atoms with Gasteiger partial charge in [-0.1, -0.05) is 45.0 Å². The van der Waals surface area contributed by atoms with Gasteiger partial charge >= 0.3 is 0 Å². The van der Waals surface area contributed by atoms with Gasteiger partial charge in [0.2, 0.25) is 0 Å². The minimum atomic E-state index is 0.114. The average Bonchev–Trinajstić information content (AvgIpc) is 2.68. The highest BCUT2D eigenvalue weighted by Gasteiger charge is 2.16. The molecule has 0 unspecified atom stereocenters. The Labute approximate surface area is 120 Å². The zero-order valence-corrected chi connectivity index (χ0v) is 12.9. The first kappa shape index (κ1) is 14.6. The second kappa shape index (κ2) is 5.28. The molecule has 106 valence electrons. The van der Waals surface area contributed by atoms with Crippen molar-refractivity contribution in [3.05, 3.63) is 58.5 Å². The number of carbonyl (C=O) groups is 1. The molecule has 0 saturated heterocycles. The van der Waals surface area contributed by atoms with Crippen molar-refractivity contribution in [2.75, 3.05) is 0 Å². The van der Waals surface area contributed by atoms with Gasteiger partial charge in [0, 0.05) is 6.42 Å². The fraction of sp³-hybridized carbons (Fsp3) is 0.389. The minimum absolute atomic E-state index is 0.114. The van der Waals surface area contributed by atoms with Gasteiger partial charge in [0.1, 0.15) is 11.5 Å². The maximum Gasteiger partial charge on any atom is 0.170 e. The van der Waals surface area contributed by atoms with Crippen molar-refractivity contribution in [3.8, 4) is 0 Å². The Kier molecular flexibility index (Phi) is 3.85. The van der Waals surface area contributed by atoms with Gasteiger partial charge in [-0.15, -0.1) is 0 Å². The van der Waals surface area contributed by atoms with E-state index in [0.717, 1.165) is 11.3 Å². The molecule has 2 nitrogen and oxygen atoms in total. The third-order valence-electron chi connectivity index (χ3n) is 3.53. The van der Waals surface area contributed by atoms with Gasteiger partial charge in [-0.2, -0.15) is 0 Å². The zero-order valence-electron chi connectivity index (χ0n) is 12.9. The van der Waals surface area contributed by atoms with Crippen molar-refractivity contribution in [2.45, 2.75) is 46.5 Å². The Bertz CT molecular complexity index is 610. The van der Waals surface area contributed by atoms with Gasteiger partial charge in [-0.3, -0.25) is 4.79 Å². The summed E-state index contributed by atoms with van der Waals surface area (Å²) in [7, 11) is 0. The van der Waals surface area contributed by atoms with Gasteiger partial charge in [-0.25, -0.2) is 0 Å². The summed E-state index contributed by atoms with van der Waals surface area (Å²) in [5, 5.41) is 0. The van der Waals surface area contributed by atoms with Crippen LogP contribution in [-0.2, 0) is 11.8 Å². The van der Waals surface area contributed by atoms with Crippen LogP contribution >= 0.6 is 0 Å². The van der Waals surface area contributed by atoms with E-state index < -0.39 is 0 Å². The minimum Gasteiger partial charge on any atom is -0.466 e. The van der Waals surface area contributed by atoms with Crippen LogP contribution in [0.3, 0.4) is 0 Å². The van der Waals surface area contributed by atoms with Crippen molar-refractivity contribution in [2.24, 2.45) is 0 Å². The molecule has 0 amide bonds. The summed E-state index contributed by atoms with van der Waals surface area (Å²) < 4.78 is 5.42. The molecule has 0 fully saturated rings. The lowest BCUT2D eigenvalue weighted by atomic mass is 9.86. The second-order valence-corrected chi connectivity index (χ2v) is 6.37. The van der Waals surface area contributed by atoms with E-state index >= 15 is 0 Å². The third-order valence-corrected chi connectivity index (χ3v) is 3.53. The summed E-state index contributed by atoms with van der Waals surface area (Å²) in [4.78, 5) is 12.3. The molecule has 1 aromatic heterocycles. The molecular formula is C18H22O2. The van der Waals surface area contributed by atoms with Gasteiger partial charge in [0.25, 0.3) is 0 Å². The Balaban J connectivity index is 2.14. The highest BCUT2D eigenvalue weighted by Crippen LogP contribution is 2.23. The molecule has 0 aliphatic carbocycles. The molecule has 0 atom stereocenters. The number of furan rings is 1. The highest BCUT2D eigenvalue weighted by molar-refractivity contribution is 5.98. The first-order valence-electron chi connectivity index (χ1n) is 6.97. The van der Waals surface area contributed by atoms with E-state index in [9.17, 15) is 4.79 Å². The molecule has 2 heteroatoms. The molecule has 0 saturated carbocycles. The van der Waals surface area contributed by atoms with Gasteiger partial charge in [0.15, 0.2) is 5.78 Å². The van der Waals surface area contributed by atoms with Crippen LogP contribution in [-0.4, -0.2) is 5.78 Å². The van der Waals surface area contributed by atoms with Crippen molar-refractivity contribution in [3.63, 3.8) is 0 Å². The van der Waals surface area contributed by atoms with Crippen LogP contribution in [0, 0.1) is 13.8 Å². The fourth-order valence-corrected chi connectivity index (χ4v) is 2.31. The lowest BCUT2D eigenvalue weighted by Crippen LogP contribution is -2.11. The molecule has 0 aliphatic rings. The SMILES string of the molecule is Cc1cc(C(=O)Cc2ccc(C(C)(C)C)cc2)c(C)o1. The van der Waals surface area contributed by atoms with E-state index in [2.05, 4.69) is 32.9 Å². The summed E-state index contributed by atoms with van der Waals surface area (Å²) in [6.45, 7) is 10.3. The Morgan fingerprint density at radius 2 is 1.70 bits per heavy atom. The zero-order chi connectivity index (χ0) is 14.9. The number of carbonyl (C=O) groups excluding carboxylic acids is 1. The fourth-order valence-electron chi connectivity index (χ4n) is 2.31. The van der Waals surface area contributed by atoms with E-state index in [1.54, 1.807) is 0 Å². The summed E-state index contributed by atoms with van der Waals surface area (Å²) >= 11 is 0. The number of hydrogen-bond acceptors (Lipinski definition) is 2. The quantitative estimate of drug-likeness (QED) is 0.762. The van der Waals surface area contributed by atoms with E-state index in [-0.39, 0.29) is 11.2 Å². The molecular weight excluding hydrogens is 248 g/mol. The number of hydrogen-bond donors (Lipinski definition) is 0. The first-order valence-corrected chi connectivity index (χ1v) is 6.97. The largest absolute Gasteiger partial charge is 0.466 e. The van der Waals surface area contributed by atoms with Crippen LogP contribution in [0.2, 0.25) is 0 Å². The average molecular weight is 270 g/mol. The molecule has 0 bridgehead atoms. The Morgan fingerprint density at radius 3 is 2.15 bits per heavy atom. The Hall–Kier alpha value is -1.83. The van der Waals surface area contributed by atoms with Crippen LogP contribution in [0.15, 0.2) is 34.7 Å². The topological polar surface area (TPSA) is 30.2 Å². The van der Waals surface area contributed by atoms with Crippen molar-refractivity contribution >= 4 is 5.78 Å². The summed E-state index contributed by atoms with van der Waals surface area (Å²) in [6, 6.07) is 10.1. The predicted molar refractivity (Wildman–Crippen MR) is 81.4 cm³/mol. The molecule has 2 rings (SSSR count). The number of Topliss-reactive ketones (excluding diaryl/α,β-unsaturated/α-hetero) is 1. The third kappa shape index (κ3) is 3.19. The molecule has 1 heterocycles. The van der Waals surface area contributed by atoms with Crippen LogP contribution < -0.4 is 0 Å². The lowest BCUT2D eigenvalue weighted by molar-refractivity contribution is 0.0991. The van der Waals surface area contributed by atoms with Crippen LogP contribution in [0.1, 0.15) is 53.8 Å². The van der Waals surface area contributed by atoms with Gasteiger partial charge in [0.05, 0.1) is 5.56 Å². The maximum atomic E-state index is 12.3. The Morgan fingerprint density at radius 1 is 1.10 bits per heavy atom. The first-order chi connectivity index (χ1) is 9.27. The molecule has 2 aromatic rings. The number of ketones is 1. The second-order valence-electron chi connectivity index (χ2n) is 6.37. The van der Waals surface area contributed by atoms with Crippen molar-refractivity contribution in [1.82, 2.24) is 0 Å². The molecule has 1 aromatic carbocycles. The molecule has 20 heavy (non-hydrogen) atoms. The highest BCUT2D eigenvalue weighted by atomic mass is 16.3. The molecule has 0 aliphatic heterocycles. The molecule has 0 spiro atoms. The standard InChI is InChI=1S/C18H22O2/c1-12-10-16(13(2)20-12)17(19)11-14-6-8-15(9-7-14)18(3,4)5/h6-10H,11H2,1-5H3. The van der Waals surface area contributed by atoms with E-state index in [1.807, 2.05) is 32.0 Å². The van der Waals surface area contributed by atoms with Crippen LogP contribution in [0.5, 0.6) is 0 Å². The normalized spacial score (nSPS) is 11.7. The monoisotopic (exact) mass is 270 g/mol. The number of benzene rings is 1. The molecule has 0 N–H and O–H groups in total. The van der Waals surface area contributed by atoms with Crippen LogP contribution in [0.25, 0.3) is 0 Å². The maximum absolute atomic E-state index is 12.3. The van der Waals surface area contributed by atoms with E-state index in [0.29, 0.717) is 17.7 Å². The van der Waals surface area contributed by atoms with Crippen molar-refractivity contribution in [1.29, 1.82) is 0 Å². The van der Waals surface area contributed by atoms with Gasteiger partial charge < -0.3 is 4.42 Å². The van der Waals surface area contributed by atoms with Crippen molar-refractivity contribution < 1.29 is 9.21 Å². The van der Waals surface area contributed by atoms with Crippen LogP contribution in [0.4, 0.5) is 0 Å². The lowest BCUT2D eigenvalue weighted by Gasteiger charge is -2.19. The van der Waals surface area contributed by atoms with E-state index in [4.69, 9.17) is 4.42 Å².